The second kappa shape index (κ2) is 12.5. The molecule has 1 fully saturated rings. The van der Waals surface area contributed by atoms with E-state index in [0.717, 1.165) is 42.6 Å². The Labute approximate surface area is 232 Å². The number of hydrogen-bond donors (Lipinski definition) is 1. The van der Waals surface area contributed by atoms with Crippen molar-refractivity contribution < 1.29 is 14.0 Å². The van der Waals surface area contributed by atoms with E-state index in [1.165, 1.54) is 11.6 Å². The van der Waals surface area contributed by atoms with Gasteiger partial charge in [-0.2, -0.15) is 0 Å². The van der Waals surface area contributed by atoms with Crippen LogP contribution in [0.4, 0.5) is 15.8 Å². The lowest BCUT2D eigenvalue weighted by molar-refractivity contribution is 0.0772. The highest BCUT2D eigenvalue weighted by Gasteiger charge is 2.29. The van der Waals surface area contributed by atoms with E-state index in [9.17, 15) is 9.59 Å². The van der Waals surface area contributed by atoms with Crippen molar-refractivity contribution in [2.75, 3.05) is 31.1 Å². The van der Waals surface area contributed by atoms with Gasteiger partial charge in [0.25, 0.3) is 11.8 Å². The SMILES string of the molecule is CCN(CC)C(=O)c1ccc(N(c2cccc(C(N)=O)c2F)C2CCN(Cc3ccc(Br)cc3)CC2)cc1. The van der Waals surface area contributed by atoms with Gasteiger partial charge in [0.1, 0.15) is 0 Å². The molecule has 38 heavy (non-hydrogen) atoms. The maximum absolute atomic E-state index is 15.6. The highest BCUT2D eigenvalue weighted by molar-refractivity contribution is 9.10. The van der Waals surface area contributed by atoms with Crippen LogP contribution in [-0.4, -0.2) is 53.8 Å². The predicted octanol–water partition coefficient (Wildman–Crippen LogP) is 5.97. The van der Waals surface area contributed by atoms with Gasteiger partial charge in [-0.3, -0.25) is 14.5 Å². The summed E-state index contributed by atoms with van der Waals surface area (Å²) >= 11 is 3.49. The van der Waals surface area contributed by atoms with Crippen molar-refractivity contribution in [2.24, 2.45) is 5.73 Å². The minimum Gasteiger partial charge on any atom is -0.366 e. The van der Waals surface area contributed by atoms with Gasteiger partial charge in [0, 0.05) is 54.5 Å². The number of amides is 2. The third-order valence-corrected chi connectivity index (χ3v) is 7.72. The predicted molar refractivity (Wildman–Crippen MR) is 153 cm³/mol. The second-order valence-corrected chi connectivity index (χ2v) is 10.4. The molecule has 200 valence electrons. The van der Waals surface area contributed by atoms with Gasteiger partial charge in [-0.05, 0) is 80.8 Å². The zero-order chi connectivity index (χ0) is 27.2. The summed E-state index contributed by atoms with van der Waals surface area (Å²) in [4.78, 5) is 30.9. The Balaban J connectivity index is 1.61. The fourth-order valence-electron chi connectivity index (χ4n) is 5.08. The van der Waals surface area contributed by atoms with Crippen molar-refractivity contribution in [1.29, 1.82) is 0 Å². The summed E-state index contributed by atoms with van der Waals surface area (Å²) in [5, 5.41) is 0. The Morgan fingerprint density at radius 1 is 0.974 bits per heavy atom. The highest BCUT2D eigenvalue weighted by atomic mass is 79.9. The van der Waals surface area contributed by atoms with E-state index in [4.69, 9.17) is 5.73 Å². The molecule has 0 saturated carbocycles. The molecular formula is C30H34BrFN4O2. The number of carbonyl (C=O) groups excluding carboxylic acids is 2. The average Bonchev–Trinajstić information content (AvgIpc) is 2.93. The molecule has 0 aromatic heterocycles. The number of carbonyl (C=O) groups is 2. The Bertz CT molecular complexity index is 1250. The monoisotopic (exact) mass is 580 g/mol. The zero-order valence-corrected chi connectivity index (χ0v) is 23.5. The van der Waals surface area contributed by atoms with Gasteiger partial charge in [-0.1, -0.05) is 34.1 Å². The lowest BCUT2D eigenvalue weighted by atomic mass is 9.99. The van der Waals surface area contributed by atoms with E-state index in [1.807, 2.05) is 43.0 Å². The lowest BCUT2D eigenvalue weighted by Gasteiger charge is -2.40. The molecule has 1 aliphatic heterocycles. The van der Waals surface area contributed by atoms with Crippen molar-refractivity contribution in [2.45, 2.75) is 39.3 Å². The van der Waals surface area contributed by atoms with Crippen molar-refractivity contribution in [3.05, 3.63) is 93.7 Å². The van der Waals surface area contributed by atoms with E-state index in [-0.39, 0.29) is 17.5 Å². The van der Waals surface area contributed by atoms with E-state index in [0.29, 0.717) is 24.3 Å². The molecule has 6 nitrogen and oxygen atoms in total. The smallest absolute Gasteiger partial charge is 0.253 e. The fourth-order valence-corrected chi connectivity index (χ4v) is 5.35. The molecule has 0 atom stereocenters. The highest BCUT2D eigenvalue weighted by Crippen LogP contribution is 2.35. The largest absolute Gasteiger partial charge is 0.366 e. The third-order valence-electron chi connectivity index (χ3n) is 7.19. The molecular weight excluding hydrogens is 547 g/mol. The molecule has 1 heterocycles. The molecule has 4 rings (SSSR count). The summed E-state index contributed by atoms with van der Waals surface area (Å²) in [6.45, 7) is 7.73. The molecule has 0 radical (unpaired) electrons. The number of primary amides is 1. The van der Waals surface area contributed by atoms with Gasteiger partial charge in [0.05, 0.1) is 11.3 Å². The average molecular weight is 582 g/mol. The second-order valence-electron chi connectivity index (χ2n) is 9.53. The van der Waals surface area contributed by atoms with Crippen LogP contribution < -0.4 is 10.6 Å². The molecule has 0 unspecified atom stereocenters. The number of anilines is 2. The first-order chi connectivity index (χ1) is 18.3. The van der Waals surface area contributed by atoms with Crippen LogP contribution in [0, 0.1) is 5.82 Å². The van der Waals surface area contributed by atoms with Crippen LogP contribution in [0.15, 0.2) is 71.2 Å². The summed E-state index contributed by atoms with van der Waals surface area (Å²) in [5.41, 5.74) is 8.25. The number of rotatable bonds is 9. The van der Waals surface area contributed by atoms with Gasteiger partial charge in [0.2, 0.25) is 0 Å². The molecule has 3 aromatic carbocycles. The van der Waals surface area contributed by atoms with Crippen molar-refractivity contribution >= 4 is 39.1 Å². The summed E-state index contributed by atoms with van der Waals surface area (Å²) in [6, 6.07) is 20.4. The normalized spacial score (nSPS) is 14.3. The first-order valence-corrected chi connectivity index (χ1v) is 13.8. The van der Waals surface area contributed by atoms with Crippen LogP contribution in [0.25, 0.3) is 0 Å². The minimum absolute atomic E-state index is 0.0122. The lowest BCUT2D eigenvalue weighted by Crippen LogP contribution is -2.43. The van der Waals surface area contributed by atoms with E-state index in [2.05, 4.69) is 33.0 Å². The molecule has 3 aromatic rings. The first kappa shape index (κ1) is 27.8. The van der Waals surface area contributed by atoms with Crippen LogP contribution in [0.5, 0.6) is 0 Å². The Morgan fingerprint density at radius 2 is 1.61 bits per heavy atom. The first-order valence-electron chi connectivity index (χ1n) is 13.1. The number of nitrogens with zero attached hydrogens (tertiary/aromatic N) is 3. The summed E-state index contributed by atoms with van der Waals surface area (Å²) in [6.07, 6.45) is 1.63. The van der Waals surface area contributed by atoms with Gasteiger partial charge in [-0.25, -0.2) is 4.39 Å². The molecule has 2 N–H and O–H groups in total. The minimum atomic E-state index is -0.797. The number of piperidine rings is 1. The Kier molecular flexibility index (Phi) is 9.17. The molecule has 2 amide bonds. The van der Waals surface area contributed by atoms with Gasteiger partial charge >= 0.3 is 0 Å². The third kappa shape index (κ3) is 6.25. The summed E-state index contributed by atoms with van der Waals surface area (Å²) < 4.78 is 16.7. The molecule has 0 aliphatic carbocycles. The topological polar surface area (TPSA) is 69.9 Å². The summed E-state index contributed by atoms with van der Waals surface area (Å²) in [5.74, 6) is -1.45. The molecule has 0 bridgehead atoms. The Hall–Kier alpha value is -3.23. The van der Waals surface area contributed by atoms with Gasteiger partial charge < -0.3 is 15.5 Å². The number of hydrogen-bond acceptors (Lipinski definition) is 4. The fraction of sp³-hybridized carbons (Fsp3) is 0.333. The van der Waals surface area contributed by atoms with Crippen LogP contribution in [0.1, 0.15) is 53.0 Å². The maximum Gasteiger partial charge on any atom is 0.253 e. The van der Waals surface area contributed by atoms with Crippen LogP contribution >= 0.6 is 15.9 Å². The molecule has 1 aliphatic rings. The van der Waals surface area contributed by atoms with Gasteiger partial charge in [-0.15, -0.1) is 0 Å². The van der Waals surface area contributed by atoms with Crippen LogP contribution in [0.2, 0.25) is 0 Å². The number of benzene rings is 3. The number of halogens is 2. The van der Waals surface area contributed by atoms with Crippen molar-refractivity contribution in [3.63, 3.8) is 0 Å². The zero-order valence-electron chi connectivity index (χ0n) is 21.9. The molecule has 8 heteroatoms. The van der Waals surface area contributed by atoms with Crippen molar-refractivity contribution in [1.82, 2.24) is 9.80 Å². The molecule has 0 spiro atoms. The van der Waals surface area contributed by atoms with E-state index in [1.54, 1.807) is 29.2 Å². The number of nitrogens with two attached hydrogens (primary N) is 1. The molecule has 1 saturated heterocycles. The summed E-state index contributed by atoms with van der Waals surface area (Å²) in [7, 11) is 0. The van der Waals surface area contributed by atoms with E-state index >= 15 is 4.39 Å². The van der Waals surface area contributed by atoms with Crippen LogP contribution in [-0.2, 0) is 6.54 Å². The van der Waals surface area contributed by atoms with Gasteiger partial charge in [0.15, 0.2) is 5.82 Å². The quantitative estimate of drug-likeness (QED) is 0.338. The maximum atomic E-state index is 15.6. The van der Waals surface area contributed by atoms with E-state index < -0.39 is 11.7 Å². The standard InChI is InChI=1S/C30H34BrFN4O2/c1-3-35(4-2)30(38)22-10-14-24(15-11-22)36(27-7-5-6-26(28(27)32)29(33)37)25-16-18-34(19-17-25)20-21-8-12-23(31)13-9-21/h5-15,25H,3-4,16-20H2,1-2H3,(H2,33,37). The number of likely N-dealkylation sites (tertiary alicyclic amines) is 1. The van der Waals surface area contributed by atoms with Crippen molar-refractivity contribution in [3.8, 4) is 0 Å². The Morgan fingerprint density at radius 3 is 2.18 bits per heavy atom. The van der Waals surface area contributed by atoms with Crippen LogP contribution in [0.3, 0.4) is 0 Å².